The van der Waals surface area contributed by atoms with E-state index in [1.54, 1.807) is 38.6 Å². The molecule has 31 heavy (non-hydrogen) atoms. The summed E-state index contributed by atoms with van der Waals surface area (Å²) in [6.07, 6.45) is 2.60. The van der Waals surface area contributed by atoms with E-state index in [0.717, 1.165) is 29.8 Å². The lowest BCUT2D eigenvalue weighted by Crippen LogP contribution is -2.63. The van der Waals surface area contributed by atoms with Gasteiger partial charge in [-0.25, -0.2) is 0 Å². The molecule has 0 saturated carbocycles. The molecular weight excluding hydrogens is 390 g/mol. The molecule has 1 atom stereocenters. The molecule has 1 amide bonds. The third-order valence-corrected chi connectivity index (χ3v) is 6.00. The number of benzene rings is 2. The summed E-state index contributed by atoms with van der Waals surface area (Å²) < 4.78 is 10.7. The van der Waals surface area contributed by atoms with Crippen molar-refractivity contribution in [2.75, 3.05) is 26.1 Å². The van der Waals surface area contributed by atoms with Crippen molar-refractivity contribution in [2.24, 2.45) is 0 Å². The maximum Gasteiger partial charge on any atom is 0.244 e. The van der Waals surface area contributed by atoms with E-state index in [2.05, 4.69) is 39.5 Å². The molecule has 0 bridgehead atoms. The van der Waals surface area contributed by atoms with Crippen molar-refractivity contribution in [3.8, 4) is 22.8 Å². The highest BCUT2D eigenvalue weighted by molar-refractivity contribution is 5.99. The molecule has 3 aromatic rings. The number of likely N-dealkylation sites (tertiary alicyclic amines) is 1. The highest BCUT2D eigenvalue weighted by atomic mass is 16.5. The number of pyridine rings is 1. The van der Waals surface area contributed by atoms with Crippen LogP contribution in [0.4, 0.5) is 5.69 Å². The molecule has 1 fully saturated rings. The van der Waals surface area contributed by atoms with Crippen LogP contribution in [0.25, 0.3) is 11.3 Å². The second kappa shape index (κ2) is 8.78. The summed E-state index contributed by atoms with van der Waals surface area (Å²) in [4.78, 5) is 19.8. The largest absolute Gasteiger partial charge is 0.497 e. The molecule has 0 radical (unpaired) electrons. The average Bonchev–Trinajstić information content (AvgIpc) is 2.82. The van der Waals surface area contributed by atoms with Crippen LogP contribution in [0.5, 0.6) is 11.5 Å². The number of ether oxygens (including phenoxy) is 2. The van der Waals surface area contributed by atoms with E-state index in [0.29, 0.717) is 23.7 Å². The summed E-state index contributed by atoms with van der Waals surface area (Å²) in [7, 11) is 3.19. The number of rotatable bonds is 7. The van der Waals surface area contributed by atoms with Crippen LogP contribution in [0.3, 0.4) is 0 Å². The molecule has 2 heterocycles. The lowest BCUT2D eigenvalue weighted by Gasteiger charge is -2.49. The number of amides is 1. The van der Waals surface area contributed by atoms with Gasteiger partial charge in [0.05, 0.1) is 31.1 Å². The maximum absolute atomic E-state index is 13.2. The Morgan fingerprint density at radius 3 is 2.52 bits per heavy atom. The van der Waals surface area contributed by atoms with Gasteiger partial charge in [0.2, 0.25) is 5.91 Å². The Balaban J connectivity index is 1.45. The number of nitrogens with one attached hydrogen (secondary N) is 1. The lowest BCUT2D eigenvalue weighted by molar-refractivity contribution is -0.136. The Morgan fingerprint density at radius 2 is 1.90 bits per heavy atom. The first-order chi connectivity index (χ1) is 15.0. The standard InChI is InChI=1S/C25H27N3O3/c1-25(24(29)27-22-16-20(30-2)11-12-23(22)31-3)13-15-28(25)17-18-7-9-19(10-8-18)21-6-4-5-14-26-21/h4-12,14,16H,13,15,17H2,1-3H3,(H,27,29). The van der Waals surface area contributed by atoms with Crippen molar-refractivity contribution in [2.45, 2.75) is 25.4 Å². The van der Waals surface area contributed by atoms with Gasteiger partial charge in [0.25, 0.3) is 0 Å². The van der Waals surface area contributed by atoms with E-state index in [1.807, 2.05) is 25.1 Å². The molecule has 0 spiro atoms. The highest BCUT2D eigenvalue weighted by Crippen LogP contribution is 2.35. The molecule has 2 aromatic carbocycles. The van der Waals surface area contributed by atoms with E-state index >= 15 is 0 Å². The molecule has 1 aliphatic rings. The van der Waals surface area contributed by atoms with Gasteiger partial charge in [-0.2, -0.15) is 0 Å². The van der Waals surface area contributed by atoms with Crippen molar-refractivity contribution in [1.29, 1.82) is 0 Å². The van der Waals surface area contributed by atoms with Gasteiger partial charge in [0.1, 0.15) is 11.5 Å². The minimum Gasteiger partial charge on any atom is -0.497 e. The van der Waals surface area contributed by atoms with Gasteiger partial charge in [-0.1, -0.05) is 30.3 Å². The molecule has 1 N–H and O–H groups in total. The topological polar surface area (TPSA) is 63.7 Å². The van der Waals surface area contributed by atoms with E-state index in [4.69, 9.17) is 9.47 Å². The van der Waals surface area contributed by atoms with Crippen LogP contribution in [0, 0.1) is 0 Å². The van der Waals surface area contributed by atoms with Gasteiger partial charge in [-0.15, -0.1) is 0 Å². The molecule has 4 rings (SSSR count). The quantitative estimate of drug-likeness (QED) is 0.619. The number of anilines is 1. The fourth-order valence-corrected chi connectivity index (χ4v) is 3.82. The van der Waals surface area contributed by atoms with Crippen molar-refractivity contribution in [1.82, 2.24) is 9.88 Å². The fraction of sp³-hybridized carbons (Fsp3) is 0.280. The minimum absolute atomic E-state index is 0.0459. The maximum atomic E-state index is 13.2. The van der Waals surface area contributed by atoms with Gasteiger partial charge < -0.3 is 14.8 Å². The number of methoxy groups -OCH3 is 2. The van der Waals surface area contributed by atoms with Crippen molar-refractivity contribution in [3.05, 3.63) is 72.4 Å². The number of aromatic nitrogens is 1. The first-order valence-corrected chi connectivity index (χ1v) is 10.3. The van der Waals surface area contributed by atoms with Gasteiger partial charge in [0.15, 0.2) is 0 Å². The monoisotopic (exact) mass is 417 g/mol. The zero-order chi connectivity index (χ0) is 21.8. The van der Waals surface area contributed by atoms with Crippen LogP contribution < -0.4 is 14.8 Å². The lowest BCUT2D eigenvalue weighted by atomic mass is 9.85. The summed E-state index contributed by atoms with van der Waals surface area (Å²) in [5.41, 5.74) is 3.23. The number of hydrogen-bond donors (Lipinski definition) is 1. The van der Waals surface area contributed by atoms with E-state index in [9.17, 15) is 4.79 Å². The summed E-state index contributed by atoms with van der Waals surface area (Å²) in [5, 5.41) is 3.03. The Morgan fingerprint density at radius 1 is 1.10 bits per heavy atom. The summed E-state index contributed by atoms with van der Waals surface area (Å²) in [6.45, 7) is 3.57. The predicted molar refractivity (Wildman–Crippen MR) is 121 cm³/mol. The van der Waals surface area contributed by atoms with Crippen LogP contribution >= 0.6 is 0 Å². The summed E-state index contributed by atoms with van der Waals surface area (Å²) >= 11 is 0. The fourth-order valence-electron chi connectivity index (χ4n) is 3.82. The second-order valence-electron chi connectivity index (χ2n) is 7.88. The molecule has 1 aliphatic heterocycles. The Kier molecular flexibility index (Phi) is 5.91. The average molecular weight is 418 g/mol. The predicted octanol–water partition coefficient (Wildman–Crippen LogP) is 4.37. The normalized spacial score (nSPS) is 18.2. The zero-order valence-corrected chi connectivity index (χ0v) is 18.1. The molecule has 1 unspecified atom stereocenters. The number of hydrogen-bond acceptors (Lipinski definition) is 5. The van der Waals surface area contributed by atoms with E-state index in [-0.39, 0.29) is 5.91 Å². The van der Waals surface area contributed by atoms with Crippen LogP contribution in [0.1, 0.15) is 18.9 Å². The molecule has 6 nitrogen and oxygen atoms in total. The Bertz CT molecular complexity index is 1050. The summed E-state index contributed by atoms with van der Waals surface area (Å²) in [6, 6.07) is 19.6. The van der Waals surface area contributed by atoms with Crippen molar-refractivity contribution in [3.63, 3.8) is 0 Å². The highest BCUT2D eigenvalue weighted by Gasteiger charge is 2.46. The molecular formula is C25H27N3O3. The van der Waals surface area contributed by atoms with Crippen molar-refractivity contribution >= 4 is 11.6 Å². The van der Waals surface area contributed by atoms with Crippen LogP contribution in [0.15, 0.2) is 66.9 Å². The first kappa shape index (κ1) is 20.9. The number of carbonyl (C=O) groups is 1. The number of nitrogens with zero attached hydrogens (tertiary/aromatic N) is 2. The SMILES string of the molecule is COc1ccc(OC)c(NC(=O)C2(C)CCN2Cc2ccc(-c3ccccn3)cc2)c1. The zero-order valence-electron chi connectivity index (χ0n) is 18.1. The van der Waals surface area contributed by atoms with Gasteiger partial charge in [-0.05, 0) is 43.2 Å². The third-order valence-electron chi connectivity index (χ3n) is 6.00. The molecule has 1 aromatic heterocycles. The van der Waals surface area contributed by atoms with Gasteiger partial charge >= 0.3 is 0 Å². The van der Waals surface area contributed by atoms with Crippen LogP contribution in [-0.4, -0.2) is 42.1 Å². The molecule has 0 aliphatic carbocycles. The Hall–Kier alpha value is -3.38. The summed E-state index contributed by atoms with van der Waals surface area (Å²) in [5.74, 6) is 1.23. The van der Waals surface area contributed by atoms with E-state index in [1.165, 1.54) is 0 Å². The molecule has 6 heteroatoms. The molecule has 160 valence electrons. The number of carbonyl (C=O) groups excluding carboxylic acids is 1. The van der Waals surface area contributed by atoms with Gasteiger partial charge in [0, 0.05) is 30.9 Å². The van der Waals surface area contributed by atoms with Crippen molar-refractivity contribution < 1.29 is 14.3 Å². The Labute approximate surface area is 182 Å². The third kappa shape index (κ3) is 4.25. The van der Waals surface area contributed by atoms with Crippen LogP contribution in [-0.2, 0) is 11.3 Å². The first-order valence-electron chi connectivity index (χ1n) is 10.3. The van der Waals surface area contributed by atoms with E-state index < -0.39 is 5.54 Å². The van der Waals surface area contributed by atoms with Gasteiger partial charge in [-0.3, -0.25) is 14.7 Å². The molecule has 1 saturated heterocycles. The van der Waals surface area contributed by atoms with Crippen LogP contribution in [0.2, 0.25) is 0 Å². The smallest absolute Gasteiger partial charge is 0.244 e. The second-order valence-corrected chi connectivity index (χ2v) is 7.88. The minimum atomic E-state index is -0.576.